The van der Waals surface area contributed by atoms with Crippen LogP contribution in [0.1, 0.15) is 85.3 Å². The van der Waals surface area contributed by atoms with Crippen LogP contribution in [0.5, 0.6) is 5.75 Å². The van der Waals surface area contributed by atoms with Crippen molar-refractivity contribution in [3.05, 3.63) is 125 Å². The number of carbonyl (C=O) groups excluding carboxylic acids is 3. The van der Waals surface area contributed by atoms with E-state index in [4.69, 9.17) is 25.7 Å². The standard InChI is InChI=1S/C59H64F2N12O7/c1-31(2)55(59(78)71-25-40(76)18-51(71)57(77)66-50(29-75)37-13-11-34(12-14-37)42-15-16-64-23-47(42)61)72-27-49(67-69-72)36-7-5-33(6-8-36)30-80-56-53(52-32(3)46(60)20-48(63)45(52)21-62)43(35-9-10-35)19-44-54(56)68-73(26-41(28-74)79-4)58(44)70-24-38-17-39(70)22-65-38/h5-8,11-16,19-21,23,27,31,35,38-39,41,50-51,55,62,65,74-75H,9-10,17-18,22,24-26,28-30,63H2,1-4H3,(H,66,77)/p+1/t38?,39-,41-,50-,51-,55-/m0/s1. The van der Waals surface area contributed by atoms with Crippen molar-refractivity contribution in [1.82, 2.24) is 45.3 Å². The summed E-state index contributed by atoms with van der Waals surface area (Å²) in [7, 11) is 1.57. The van der Waals surface area contributed by atoms with Gasteiger partial charge in [-0.1, -0.05) is 67.6 Å². The fraction of sp³-hybridized carbons (Fsp3) is 0.390. The van der Waals surface area contributed by atoms with E-state index in [1.54, 1.807) is 50.6 Å². The van der Waals surface area contributed by atoms with Crippen LogP contribution in [0.25, 0.3) is 44.4 Å². The van der Waals surface area contributed by atoms with Crippen LogP contribution >= 0.6 is 0 Å². The Bertz CT molecular complexity index is 3510. The number of nitrogens with two attached hydrogens (primary N) is 2. The van der Waals surface area contributed by atoms with Crippen molar-refractivity contribution in [3.8, 4) is 39.3 Å². The molecule has 11 rings (SSSR count). The highest BCUT2D eigenvalue weighted by Gasteiger charge is 2.44. The lowest BCUT2D eigenvalue weighted by atomic mass is 9.87. The Labute approximate surface area is 460 Å². The highest BCUT2D eigenvalue weighted by molar-refractivity contribution is 6.05. The first kappa shape index (κ1) is 54.0. The number of methoxy groups -OCH3 is 1. The molecule has 4 fully saturated rings. The van der Waals surface area contributed by atoms with Crippen LogP contribution in [0.3, 0.4) is 0 Å². The van der Waals surface area contributed by atoms with Gasteiger partial charge < -0.3 is 45.9 Å². The minimum atomic E-state index is -1.14. The zero-order chi connectivity index (χ0) is 56.1. The van der Waals surface area contributed by atoms with Crippen LogP contribution in [0.15, 0.2) is 85.3 Å². The van der Waals surface area contributed by atoms with Gasteiger partial charge in [0.25, 0.3) is 0 Å². The van der Waals surface area contributed by atoms with Crippen molar-refractivity contribution in [1.29, 1.82) is 0 Å². The van der Waals surface area contributed by atoms with Crippen LogP contribution in [-0.2, 0) is 32.3 Å². The summed E-state index contributed by atoms with van der Waals surface area (Å²) in [4.78, 5) is 49.0. The Balaban J connectivity index is 0.863. The number of fused-ring (bicyclic) bond motifs is 3. The summed E-state index contributed by atoms with van der Waals surface area (Å²) in [5, 5.41) is 48.5. The number of hydrogen-bond acceptors (Lipinski definition) is 14. The predicted octanol–water partition coefficient (Wildman–Crippen LogP) is 4.60. The minimum absolute atomic E-state index is 0.0820. The molecule has 3 aromatic heterocycles. The van der Waals surface area contributed by atoms with Gasteiger partial charge in [-0.3, -0.25) is 24.8 Å². The molecule has 1 saturated carbocycles. The Hall–Kier alpha value is -7.98. The molecule has 4 aromatic carbocycles. The lowest BCUT2D eigenvalue weighted by Crippen LogP contribution is -2.50. The molecule has 2 amide bonds. The van der Waals surface area contributed by atoms with E-state index in [0.29, 0.717) is 67.5 Å². The highest BCUT2D eigenvalue weighted by atomic mass is 19.1. The smallest absolute Gasteiger partial charge is 0.248 e. The fourth-order valence-electron chi connectivity index (χ4n) is 11.8. The number of likely N-dealkylation sites (tertiary alicyclic amines) is 1. The predicted molar refractivity (Wildman–Crippen MR) is 295 cm³/mol. The van der Waals surface area contributed by atoms with E-state index in [1.165, 1.54) is 28.1 Å². The molecule has 416 valence electrons. The molecule has 7 aromatic rings. The Kier molecular flexibility index (Phi) is 15.0. The van der Waals surface area contributed by atoms with Crippen LogP contribution in [-0.4, -0.2) is 133 Å². The third-order valence-electron chi connectivity index (χ3n) is 16.2. The number of nitrogen functional groups attached to an aromatic ring is 1. The number of rotatable bonds is 20. The molecule has 80 heavy (non-hydrogen) atoms. The number of anilines is 2. The summed E-state index contributed by atoms with van der Waals surface area (Å²) in [6, 6.07) is 16.9. The number of aromatic nitrogens is 6. The summed E-state index contributed by atoms with van der Waals surface area (Å²) in [6.45, 7) is 6.41. The summed E-state index contributed by atoms with van der Waals surface area (Å²) >= 11 is 0. The molecule has 2 bridgehead atoms. The Morgan fingerprint density at radius 3 is 2.42 bits per heavy atom. The van der Waals surface area contributed by atoms with Crippen molar-refractivity contribution in [2.24, 2.45) is 5.92 Å². The molecule has 21 heteroatoms. The minimum Gasteiger partial charge on any atom is -0.486 e. The van der Waals surface area contributed by atoms with E-state index >= 15 is 4.39 Å². The zero-order valence-electron chi connectivity index (χ0n) is 45.0. The van der Waals surface area contributed by atoms with Crippen molar-refractivity contribution in [2.45, 2.75) is 102 Å². The highest BCUT2D eigenvalue weighted by Crippen LogP contribution is 2.53. The molecule has 1 aliphatic carbocycles. The van der Waals surface area contributed by atoms with Crippen molar-refractivity contribution in [2.75, 3.05) is 50.6 Å². The number of amides is 2. The van der Waals surface area contributed by atoms with Crippen LogP contribution in [0, 0.1) is 24.5 Å². The molecular weight excluding hydrogens is 1030 g/mol. The molecule has 6 heterocycles. The SMILES string of the molecule is CO[C@H](CO)Cn1nc2c(OCc3ccc(-c4cn([C@H](C(=O)N5CC(=O)C[C@H]5C(=O)N[C@@H](CO)c5ccc(-c6ccncc6F)cc5)C(C)C)nn4)cc3)c(-c3c(C)c(F)cc(N)c3C=[NH2+])c(C3CC3)cc2c1N1CC2C[C@H]1CN2. The molecule has 8 N–H and O–H groups in total. The number of nitrogens with zero attached hydrogens (tertiary/aromatic N) is 8. The number of nitrogens with one attached hydrogen (secondary N) is 2. The first-order chi connectivity index (χ1) is 38.7. The zero-order valence-corrected chi connectivity index (χ0v) is 45.0. The average molecular weight is 1090 g/mol. The largest absolute Gasteiger partial charge is 0.486 e. The van der Waals surface area contributed by atoms with E-state index in [-0.39, 0.29) is 62.1 Å². The second-order valence-corrected chi connectivity index (χ2v) is 21.8. The summed E-state index contributed by atoms with van der Waals surface area (Å²) < 4.78 is 46.5. The van der Waals surface area contributed by atoms with E-state index in [1.807, 2.05) is 42.8 Å². The van der Waals surface area contributed by atoms with Gasteiger partial charge in [0.05, 0.1) is 56.4 Å². The van der Waals surface area contributed by atoms with E-state index in [2.05, 4.69) is 36.9 Å². The molecule has 6 atom stereocenters. The summed E-state index contributed by atoms with van der Waals surface area (Å²) in [6.07, 6.45) is 7.79. The number of benzene rings is 4. The molecular formula is C59H65F2N12O7+. The van der Waals surface area contributed by atoms with Gasteiger partial charge in [0.2, 0.25) is 11.8 Å². The number of piperazine rings is 1. The maximum Gasteiger partial charge on any atom is 0.248 e. The lowest BCUT2D eigenvalue weighted by molar-refractivity contribution is -0.143. The average Bonchev–Trinajstić information content (AvgIpc) is 3.90. The van der Waals surface area contributed by atoms with Gasteiger partial charge in [-0.2, -0.15) is 5.10 Å². The summed E-state index contributed by atoms with van der Waals surface area (Å²) in [5.41, 5.74) is 13.8. The van der Waals surface area contributed by atoms with Gasteiger partial charge in [0.1, 0.15) is 47.4 Å². The number of Topliss-reactive ketones (excluding diaryl/α,β-unsaturated/α-hetero) is 1. The van der Waals surface area contributed by atoms with E-state index in [0.717, 1.165) is 60.9 Å². The van der Waals surface area contributed by atoms with Gasteiger partial charge in [-0.05, 0) is 84.0 Å². The second kappa shape index (κ2) is 22.3. The molecule has 19 nitrogen and oxygen atoms in total. The van der Waals surface area contributed by atoms with Gasteiger partial charge >= 0.3 is 0 Å². The number of aliphatic hydroxyl groups excluding tert-OH is 2. The van der Waals surface area contributed by atoms with Crippen molar-refractivity contribution < 1.29 is 48.3 Å². The molecule has 4 aliphatic rings. The van der Waals surface area contributed by atoms with Crippen molar-refractivity contribution in [3.63, 3.8) is 0 Å². The van der Waals surface area contributed by atoms with Gasteiger partial charge in [0, 0.05) is 78.2 Å². The maximum atomic E-state index is 15.9. The number of pyridine rings is 1. The number of hydrogen-bond donors (Lipinski definition) is 6. The molecule has 0 radical (unpaired) electrons. The van der Waals surface area contributed by atoms with Crippen LogP contribution in [0.2, 0.25) is 0 Å². The van der Waals surface area contributed by atoms with Crippen LogP contribution < -0.4 is 31.4 Å². The number of carbonyl (C=O) groups is 3. The second-order valence-electron chi connectivity index (χ2n) is 21.8. The first-order valence-electron chi connectivity index (χ1n) is 27.1. The van der Waals surface area contributed by atoms with E-state index in [9.17, 15) is 29.0 Å². The molecule has 0 spiro atoms. The quantitative estimate of drug-likeness (QED) is 0.0451. The Morgan fingerprint density at radius 2 is 1.77 bits per heavy atom. The lowest BCUT2D eigenvalue weighted by Gasteiger charge is -2.31. The normalized spacial score (nSPS) is 19.1. The topological polar surface area (TPSA) is 254 Å². The monoisotopic (exact) mass is 1090 g/mol. The first-order valence-corrected chi connectivity index (χ1v) is 27.1. The molecule has 1 unspecified atom stereocenters. The fourth-order valence-corrected chi connectivity index (χ4v) is 11.8. The van der Waals surface area contributed by atoms with Crippen LogP contribution in [0.4, 0.5) is 20.3 Å². The molecule has 3 saturated heterocycles. The van der Waals surface area contributed by atoms with Gasteiger partial charge in [-0.25, -0.2) is 18.1 Å². The number of halogens is 2. The summed E-state index contributed by atoms with van der Waals surface area (Å²) in [5.74, 6) is -1.16. The van der Waals surface area contributed by atoms with Crippen molar-refractivity contribution >= 4 is 46.2 Å². The third-order valence-corrected chi connectivity index (χ3v) is 16.2. The Morgan fingerprint density at radius 1 is 1.01 bits per heavy atom. The molecule has 3 aliphatic heterocycles. The number of aliphatic hydroxyl groups is 2. The van der Waals surface area contributed by atoms with E-state index < -0.39 is 54.3 Å². The third kappa shape index (κ3) is 10.2. The number of ether oxygens (including phenoxy) is 2. The number of ketones is 1. The van der Waals surface area contributed by atoms with Gasteiger partial charge in [0.15, 0.2) is 17.7 Å². The maximum absolute atomic E-state index is 15.9. The van der Waals surface area contributed by atoms with Gasteiger partial charge in [-0.15, -0.1) is 5.10 Å².